The highest BCUT2D eigenvalue weighted by Crippen LogP contribution is 2.07. The first-order valence-corrected chi connectivity index (χ1v) is 4.41. The molecule has 0 bridgehead atoms. The van der Waals surface area contributed by atoms with Gasteiger partial charge in [-0.3, -0.25) is 4.79 Å². The smallest absolute Gasteiger partial charge is 0.261 e. The molecule has 3 nitrogen and oxygen atoms in total. The van der Waals surface area contributed by atoms with E-state index in [-0.39, 0.29) is 5.91 Å². The molecule has 0 aliphatic heterocycles. The van der Waals surface area contributed by atoms with E-state index in [9.17, 15) is 9.59 Å². The zero-order valence-corrected chi connectivity index (χ0v) is 7.43. The van der Waals surface area contributed by atoms with Crippen LogP contribution < -0.4 is 5.32 Å². The number of carbonyl (C=O) groups is 2. The highest BCUT2D eigenvalue weighted by molar-refractivity contribution is 7.12. The maximum Gasteiger partial charge on any atom is 0.261 e. The number of hydrogen-bond acceptors (Lipinski definition) is 3. The minimum absolute atomic E-state index is 0.190. The second-order valence-corrected chi connectivity index (χ2v) is 3.32. The molecule has 64 valence electrons. The molecule has 0 radical (unpaired) electrons. The fourth-order valence-corrected chi connectivity index (χ4v) is 1.35. The van der Waals surface area contributed by atoms with E-state index in [2.05, 4.69) is 5.32 Å². The average Bonchev–Trinajstić information content (AvgIpc) is 2.56. The molecule has 0 saturated carbocycles. The van der Waals surface area contributed by atoms with Crippen molar-refractivity contribution in [2.24, 2.45) is 0 Å². The normalized spacial score (nSPS) is 12.1. The van der Waals surface area contributed by atoms with Gasteiger partial charge in [-0.25, -0.2) is 0 Å². The predicted molar refractivity (Wildman–Crippen MR) is 47.3 cm³/mol. The molecule has 0 saturated heterocycles. The summed E-state index contributed by atoms with van der Waals surface area (Å²) in [7, 11) is 0. The molecular weight excluding hydrogens is 174 g/mol. The second-order valence-electron chi connectivity index (χ2n) is 2.38. The van der Waals surface area contributed by atoms with Crippen LogP contribution in [0, 0.1) is 0 Å². The molecule has 0 aromatic carbocycles. The Balaban J connectivity index is 2.55. The van der Waals surface area contributed by atoms with Gasteiger partial charge in [0.25, 0.3) is 5.91 Å². The third kappa shape index (κ3) is 2.17. The lowest BCUT2D eigenvalue weighted by molar-refractivity contribution is -0.109. The minimum atomic E-state index is -0.417. The molecule has 1 aromatic rings. The Morgan fingerprint density at radius 2 is 2.50 bits per heavy atom. The van der Waals surface area contributed by atoms with Crippen LogP contribution in [0.4, 0.5) is 0 Å². The topological polar surface area (TPSA) is 46.2 Å². The van der Waals surface area contributed by atoms with Crippen LogP contribution in [-0.2, 0) is 4.79 Å². The van der Waals surface area contributed by atoms with Crippen molar-refractivity contribution in [1.82, 2.24) is 5.32 Å². The number of rotatable bonds is 3. The molecule has 12 heavy (non-hydrogen) atoms. The third-order valence-corrected chi connectivity index (χ3v) is 2.18. The SMILES string of the molecule is CC(C=O)NC(=O)c1cccs1. The van der Waals surface area contributed by atoms with E-state index >= 15 is 0 Å². The fraction of sp³-hybridized carbons (Fsp3) is 0.250. The van der Waals surface area contributed by atoms with Crippen LogP contribution in [0.15, 0.2) is 17.5 Å². The summed E-state index contributed by atoms with van der Waals surface area (Å²) in [4.78, 5) is 22.0. The van der Waals surface area contributed by atoms with E-state index < -0.39 is 6.04 Å². The van der Waals surface area contributed by atoms with E-state index in [1.165, 1.54) is 11.3 Å². The average molecular weight is 183 g/mol. The van der Waals surface area contributed by atoms with E-state index in [1.807, 2.05) is 5.38 Å². The van der Waals surface area contributed by atoms with Crippen molar-refractivity contribution in [3.63, 3.8) is 0 Å². The van der Waals surface area contributed by atoms with Gasteiger partial charge in [-0.15, -0.1) is 11.3 Å². The summed E-state index contributed by atoms with van der Waals surface area (Å²) < 4.78 is 0. The molecule has 0 fully saturated rings. The van der Waals surface area contributed by atoms with Gasteiger partial charge in [0.15, 0.2) is 0 Å². The van der Waals surface area contributed by atoms with E-state index in [0.717, 1.165) is 0 Å². The number of aldehydes is 1. The summed E-state index contributed by atoms with van der Waals surface area (Å²) >= 11 is 1.36. The molecule has 1 aromatic heterocycles. The van der Waals surface area contributed by atoms with Crippen molar-refractivity contribution in [3.8, 4) is 0 Å². The molecule has 1 heterocycles. The Morgan fingerprint density at radius 1 is 1.75 bits per heavy atom. The van der Waals surface area contributed by atoms with Crippen LogP contribution in [0.1, 0.15) is 16.6 Å². The van der Waals surface area contributed by atoms with E-state index in [1.54, 1.807) is 19.1 Å². The highest BCUT2D eigenvalue weighted by atomic mass is 32.1. The molecule has 1 atom stereocenters. The fourth-order valence-electron chi connectivity index (χ4n) is 0.720. The van der Waals surface area contributed by atoms with Crippen molar-refractivity contribution >= 4 is 23.5 Å². The Morgan fingerprint density at radius 3 is 3.00 bits per heavy atom. The minimum Gasteiger partial charge on any atom is -0.342 e. The Kier molecular flexibility index (Phi) is 2.99. The Labute approximate surface area is 74.4 Å². The van der Waals surface area contributed by atoms with E-state index in [4.69, 9.17) is 0 Å². The van der Waals surface area contributed by atoms with Gasteiger partial charge in [-0.2, -0.15) is 0 Å². The van der Waals surface area contributed by atoms with Gasteiger partial charge in [0.1, 0.15) is 6.29 Å². The number of hydrogen-bond donors (Lipinski definition) is 1. The first kappa shape index (κ1) is 8.93. The van der Waals surface area contributed by atoms with Crippen LogP contribution in [-0.4, -0.2) is 18.2 Å². The lowest BCUT2D eigenvalue weighted by atomic mass is 10.3. The molecule has 0 aliphatic rings. The van der Waals surface area contributed by atoms with Gasteiger partial charge in [0, 0.05) is 0 Å². The first-order valence-electron chi connectivity index (χ1n) is 3.53. The zero-order valence-electron chi connectivity index (χ0n) is 6.61. The lowest BCUT2D eigenvalue weighted by Gasteiger charge is -2.04. The predicted octanol–water partition coefficient (Wildman–Crippen LogP) is 1.07. The van der Waals surface area contributed by atoms with Crippen LogP contribution in [0.25, 0.3) is 0 Å². The molecule has 1 unspecified atom stereocenters. The highest BCUT2D eigenvalue weighted by Gasteiger charge is 2.08. The summed E-state index contributed by atoms with van der Waals surface area (Å²) in [6.45, 7) is 1.64. The van der Waals surface area contributed by atoms with Crippen LogP contribution in [0.5, 0.6) is 0 Å². The molecule has 1 N–H and O–H groups in total. The largest absolute Gasteiger partial charge is 0.342 e. The van der Waals surface area contributed by atoms with Crippen LogP contribution in [0.3, 0.4) is 0 Å². The van der Waals surface area contributed by atoms with Crippen LogP contribution >= 0.6 is 11.3 Å². The Bertz CT molecular complexity index is 269. The number of amides is 1. The van der Waals surface area contributed by atoms with Gasteiger partial charge in [0.2, 0.25) is 0 Å². The molecule has 4 heteroatoms. The number of carbonyl (C=O) groups excluding carboxylic acids is 2. The van der Waals surface area contributed by atoms with Gasteiger partial charge in [-0.05, 0) is 18.4 Å². The van der Waals surface area contributed by atoms with E-state index in [0.29, 0.717) is 11.2 Å². The summed E-state index contributed by atoms with van der Waals surface area (Å²) in [5, 5.41) is 4.36. The third-order valence-electron chi connectivity index (χ3n) is 1.31. The molecule has 1 amide bonds. The number of nitrogens with one attached hydrogen (secondary N) is 1. The van der Waals surface area contributed by atoms with Crippen molar-refractivity contribution < 1.29 is 9.59 Å². The zero-order chi connectivity index (χ0) is 8.97. The summed E-state index contributed by atoms with van der Waals surface area (Å²) in [6, 6.07) is 3.10. The van der Waals surface area contributed by atoms with Crippen molar-refractivity contribution in [2.45, 2.75) is 13.0 Å². The first-order chi connectivity index (χ1) is 5.74. The van der Waals surface area contributed by atoms with Gasteiger partial charge >= 0.3 is 0 Å². The quantitative estimate of drug-likeness (QED) is 0.712. The summed E-state index contributed by atoms with van der Waals surface area (Å²) in [6.07, 6.45) is 0.700. The molecule has 1 rings (SSSR count). The van der Waals surface area contributed by atoms with Gasteiger partial charge in [0.05, 0.1) is 10.9 Å². The lowest BCUT2D eigenvalue weighted by Crippen LogP contribution is -2.32. The summed E-state index contributed by atoms with van der Waals surface area (Å²) in [5.74, 6) is -0.190. The molecule has 0 spiro atoms. The molecule has 0 aliphatic carbocycles. The Hall–Kier alpha value is -1.16. The number of thiophene rings is 1. The maximum atomic E-state index is 11.2. The summed E-state index contributed by atoms with van der Waals surface area (Å²) in [5.41, 5.74) is 0. The van der Waals surface area contributed by atoms with Crippen molar-refractivity contribution in [2.75, 3.05) is 0 Å². The van der Waals surface area contributed by atoms with Crippen molar-refractivity contribution in [1.29, 1.82) is 0 Å². The van der Waals surface area contributed by atoms with Crippen LogP contribution in [0.2, 0.25) is 0 Å². The maximum absolute atomic E-state index is 11.2. The van der Waals surface area contributed by atoms with Gasteiger partial charge in [-0.1, -0.05) is 6.07 Å². The van der Waals surface area contributed by atoms with Crippen molar-refractivity contribution in [3.05, 3.63) is 22.4 Å². The standard InChI is InChI=1S/C8H9NO2S/c1-6(5-10)9-8(11)7-3-2-4-12-7/h2-6H,1H3,(H,9,11). The molecular formula is C8H9NO2S. The van der Waals surface area contributed by atoms with Gasteiger partial charge < -0.3 is 10.1 Å². The second kappa shape index (κ2) is 4.01. The monoisotopic (exact) mass is 183 g/mol.